The Morgan fingerprint density at radius 2 is 2.19 bits per heavy atom. The molecule has 0 radical (unpaired) electrons. The second kappa shape index (κ2) is 7.59. The van der Waals surface area contributed by atoms with E-state index in [0.29, 0.717) is 12.4 Å². The minimum atomic E-state index is -0.235. The standard InChI is InChI=1S/C14H17BrN4O.ClH/c1-9(8-16)14(20)17-13-6-10(2)18-19(13)12-5-3-4-11(15)7-12;/h3-7,9H,8,16H2,1-2H3,(H,17,20);1H. The Labute approximate surface area is 138 Å². The number of nitrogens with one attached hydrogen (secondary N) is 1. The maximum atomic E-state index is 12.0. The number of hydrogen-bond acceptors (Lipinski definition) is 3. The molecule has 5 nitrogen and oxygen atoms in total. The molecule has 0 saturated carbocycles. The van der Waals surface area contributed by atoms with Crippen molar-refractivity contribution in [3.63, 3.8) is 0 Å². The number of halogens is 2. The fraction of sp³-hybridized carbons (Fsp3) is 0.286. The lowest BCUT2D eigenvalue weighted by Gasteiger charge is -2.12. The molecule has 0 spiro atoms. The van der Waals surface area contributed by atoms with Gasteiger partial charge in [0.15, 0.2) is 0 Å². The lowest BCUT2D eigenvalue weighted by atomic mass is 10.2. The Morgan fingerprint density at radius 3 is 2.81 bits per heavy atom. The zero-order chi connectivity index (χ0) is 14.7. The highest BCUT2D eigenvalue weighted by Gasteiger charge is 2.15. The van der Waals surface area contributed by atoms with Crippen LogP contribution in [0.1, 0.15) is 12.6 Å². The van der Waals surface area contributed by atoms with E-state index in [9.17, 15) is 4.79 Å². The smallest absolute Gasteiger partial charge is 0.229 e. The van der Waals surface area contributed by atoms with Crippen LogP contribution >= 0.6 is 28.3 Å². The summed E-state index contributed by atoms with van der Waals surface area (Å²) in [6, 6.07) is 9.56. The van der Waals surface area contributed by atoms with Gasteiger partial charge in [-0.3, -0.25) is 4.79 Å². The van der Waals surface area contributed by atoms with Gasteiger partial charge in [0.2, 0.25) is 5.91 Å². The first-order chi connectivity index (χ1) is 9.51. The third-order valence-electron chi connectivity index (χ3n) is 2.94. The van der Waals surface area contributed by atoms with Crippen LogP contribution in [0.25, 0.3) is 5.69 Å². The van der Waals surface area contributed by atoms with Crippen molar-refractivity contribution in [3.8, 4) is 5.69 Å². The summed E-state index contributed by atoms with van der Waals surface area (Å²) >= 11 is 3.43. The van der Waals surface area contributed by atoms with Crippen molar-refractivity contribution < 1.29 is 4.79 Å². The van der Waals surface area contributed by atoms with E-state index in [1.807, 2.05) is 37.3 Å². The molecule has 0 aliphatic rings. The van der Waals surface area contributed by atoms with E-state index < -0.39 is 0 Å². The highest BCUT2D eigenvalue weighted by Crippen LogP contribution is 2.20. The summed E-state index contributed by atoms with van der Waals surface area (Å²) in [7, 11) is 0. The van der Waals surface area contributed by atoms with E-state index in [4.69, 9.17) is 5.73 Å². The molecule has 1 heterocycles. The van der Waals surface area contributed by atoms with Crippen LogP contribution in [0.3, 0.4) is 0 Å². The maximum absolute atomic E-state index is 12.0. The molecule has 1 unspecified atom stereocenters. The number of nitrogens with zero attached hydrogens (tertiary/aromatic N) is 2. The average Bonchev–Trinajstić information content (AvgIpc) is 2.78. The molecular weight excluding hydrogens is 356 g/mol. The lowest BCUT2D eigenvalue weighted by molar-refractivity contribution is -0.119. The number of anilines is 1. The van der Waals surface area contributed by atoms with Crippen LogP contribution in [-0.2, 0) is 4.79 Å². The van der Waals surface area contributed by atoms with Crippen LogP contribution in [0, 0.1) is 12.8 Å². The van der Waals surface area contributed by atoms with Gasteiger partial charge in [0, 0.05) is 23.0 Å². The van der Waals surface area contributed by atoms with Crippen molar-refractivity contribution in [1.82, 2.24) is 9.78 Å². The number of aryl methyl sites for hydroxylation is 1. The van der Waals surface area contributed by atoms with Gasteiger partial charge in [-0.25, -0.2) is 4.68 Å². The predicted octanol–water partition coefficient (Wildman–Crippen LogP) is 2.90. The van der Waals surface area contributed by atoms with Gasteiger partial charge in [0.05, 0.1) is 11.4 Å². The zero-order valence-electron chi connectivity index (χ0n) is 11.8. The molecule has 2 rings (SSSR count). The minimum Gasteiger partial charge on any atom is -0.330 e. The number of amides is 1. The molecule has 0 aliphatic heterocycles. The summed E-state index contributed by atoms with van der Waals surface area (Å²) in [6.45, 7) is 3.99. The van der Waals surface area contributed by atoms with Crippen LogP contribution in [0.15, 0.2) is 34.8 Å². The molecule has 1 amide bonds. The van der Waals surface area contributed by atoms with Gasteiger partial charge < -0.3 is 11.1 Å². The van der Waals surface area contributed by atoms with Crippen molar-refractivity contribution in [1.29, 1.82) is 0 Å². The summed E-state index contributed by atoms with van der Waals surface area (Å²) in [5.41, 5.74) is 7.22. The number of carbonyl (C=O) groups is 1. The van der Waals surface area contributed by atoms with Gasteiger partial charge in [-0.05, 0) is 25.1 Å². The average molecular weight is 374 g/mol. The van der Waals surface area contributed by atoms with E-state index >= 15 is 0 Å². The maximum Gasteiger partial charge on any atom is 0.229 e. The van der Waals surface area contributed by atoms with Crippen molar-refractivity contribution >= 4 is 40.1 Å². The van der Waals surface area contributed by atoms with Crippen molar-refractivity contribution in [3.05, 3.63) is 40.5 Å². The van der Waals surface area contributed by atoms with Gasteiger partial charge in [-0.1, -0.05) is 28.9 Å². The van der Waals surface area contributed by atoms with Crippen molar-refractivity contribution in [2.75, 3.05) is 11.9 Å². The number of carbonyl (C=O) groups excluding carboxylic acids is 1. The Kier molecular flexibility index (Phi) is 6.39. The fourth-order valence-electron chi connectivity index (χ4n) is 1.75. The Bertz CT molecular complexity index is 629. The Balaban J connectivity index is 0.00000220. The van der Waals surface area contributed by atoms with Gasteiger partial charge in [0.25, 0.3) is 0 Å². The third kappa shape index (κ3) is 4.30. The Hall–Kier alpha value is -1.37. The van der Waals surface area contributed by atoms with E-state index in [1.165, 1.54) is 0 Å². The van der Waals surface area contributed by atoms with Gasteiger partial charge in [-0.2, -0.15) is 5.10 Å². The second-order valence-electron chi connectivity index (χ2n) is 4.69. The van der Waals surface area contributed by atoms with E-state index in [0.717, 1.165) is 15.9 Å². The molecule has 0 aliphatic carbocycles. The number of hydrogen-bond donors (Lipinski definition) is 2. The topological polar surface area (TPSA) is 72.9 Å². The van der Waals surface area contributed by atoms with Crippen molar-refractivity contribution in [2.45, 2.75) is 13.8 Å². The van der Waals surface area contributed by atoms with E-state index in [1.54, 1.807) is 11.6 Å². The normalized spacial score (nSPS) is 11.6. The van der Waals surface area contributed by atoms with Crippen LogP contribution < -0.4 is 11.1 Å². The van der Waals surface area contributed by atoms with Gasteiger partial charge >= 0.3 is 0 Å². The molecule has 1 aromatic carbocycles. The summed E-state index contributed by atoms with van der Waals surface area (Å²) in [4.78, 5) is 12.0. The molecule has 0 saturated heterocycles. The number of nitrogens with two attached hydrogens (primary N) is 1. The quantitative estimate of drug-likeness (QED) is 0.865. The minimum absolute atomic E-state index is 0. The van der Waals surface area contributed by atoms with Crippen LogP contribution in [0.2, 0.25) is 0 Å². The summed E-state index contributed by atoms with van der Waals surface area (Å²) < 4.78 is 2.66. The molecule has 0 bridgehead atoms. The van der Waals surface area contributed by atoms with Crippen LogP contribution in [-0.4, -0.2) is 22.2 Å². The first-order valence-electron chi connectivity index (χ1n) is 6.35. The number of rotatable bonds is 4. The Morgan fingerprint density at radius 1 is 1.48 bits per heavy atom. The summed E-state index contributed by atoms with van der Waals surface area (Å²) in [6.07, 6.45) is 0. The molecule has 3 N–H and O–H groups in total. The van der Waals surface area contributed by atoms with E-state index in [2.05, 4.69) is 26.3 Å². The van der Waals surface area contributed by atoms with Gasteiger partial charge in [-0.15, -0.1) is 12.4 Å². The highest BCUT2D eigenvalue weighted by atomic mass is 79.9. The summed E-state index contributed by atoms with van der Waals surface area (Å²) in [5, 5.41) is 7.28. The molecule has 7 heteroatoms. The summed E-state index contributed by atoms with van der Waals surface area (Å²) in [5.74, 6) is 0.302. The molecule has 1 aromatic heterocycles. The first kappa shape index (κ1) is 17.7. The second-order valence-corrected chi connectivity index (χ2v) is 5.60. The molecular formula is C14H18BrClN4O. The SMILES string of the molecule is Cc1cc(NC(=O)C(C)CN)n(-c2cccc(Br)c2)n1.Cl. The molecule has 0 fully saturated rings. The zero-order valence-corrected chi connectivity index (χ0v) is 14.2. The molecule has 114 valence electrons. The number of benzene rings is 1. The van der Waals surface area contributed by atoms with Gasteiger partial charge in [0.1, 0.15) is 5.82 Å². The first-order valence-corrected chi connectivity index (χ1v) is 7.14. The third-order valence-corrected chi connectivity index (χ3v) is 3.43. The highest BCUT2D eigenvalue weighted by molar-refractivity contribution is 9.10. The van der Waals surface area contributed by atoms with Crippen LogP contribution in [0.4, 0.5) is 5.82 Å². The van der Waals surface area contributed by atoms with Crippen molar-refractivity contribution in [2.24, 2.45) is 11.7 Å². The number of aromatic nitrogens is 2. The van der Waals surface area contributed by atoms with Crippen LogP contribution in [0.5, 0.6) is 0 Å². The fourth-order valence-corrected chi connectivity index (χ4v) is 2.14. The molecule has 21 heavy (non-hydrogen) atoms. The monoisotopic (exact) mass is 372 g/mol. The van der Waals surface area contributed by atoms with E-state index in [-0.39, 0.29) is 24.2 Å². The molecule has 1 atom stereocenters. The largest absolute Gasteiger partial charge is 0.330 e. The predicted molar refractivity (Wildman–Crippen MR) is 90.1 cm³/mol. The lowest BCUT2D eigenvalue weighted by Crippen LogP contribution is -2.27. The molecule has 2 aromatic rings.